The fraction of sp³-hybridized carbons (Fsp3) is 0.560. The van der Waals surface area contributed by atoms with Crippen LogP contribution in [0, 0.1) is 5.82 Å². The van der Waals surface area contributed by atoms with Crippen molar-refractivity contribution in [1.29, 1.82) is 0 Å². The van der Waals surface area contributed by atoms with E-state index >= 15 is 0 Å². The number of rotatable bonds is 5. The average molecular weight is 491 g/mol. The number of amides is 1. The fourth-order valence-electron chi connectivity index (χ4n) is 4.96. The molecular weight excluding hydrogens is 459 g/mol. The van der Waals surface area contributed by atoms with Gasteiger partial charge in [-0.2, -0.15) is 5.10 Å². The van der Waals surface area contributed by atoms with Gasteiger partial charge in [-0.3, -0.25) is 4.90 Å². The first-order valence-electron chi connectivity index (χ1n) is 11.8. The molecule has 1 N–H and O–H groups in total. The van der Waals surface area contributed by atoms with Gasteiger partial charge in [-0.15, -0.1) is 5.10 Å². The number of nitrogens with zero attached hydrogens (tertiary/aromatic N) is 3. The SMILES string of the molecule is CC(C)(C)N(C(=O)OC1CC(c2ccc(F)cc2)CC1Oc1cc(Cl)cnn1)C1CCCNC1. The van der Waals surface area contributed by atoms with Crippen molar-refractivity contribution in [3.05, 3.63) is 52.9 Å². The lowest BCUT2D eigenvalue weighted by Crippen LogP contribution is -2.57. The van der Waals surface area contributed by atoms with Crippen molar-refractivity contribution in [1.82, 2.24) is 20.4 Å². The van der Waals surface area contributed by atoms with E-state index in [0.717, 1.165) is 31.5 Å². The number of piperidine rings is 1. The standard InChI is InChI=1S/C25H32ClFN4O3/c1-25(2,3)31(20-5-4-10-28-15-20)24(32)34-22-12-17(16-6-8-19(27)9-7-16)11-21(22)33-23-13-18(26)14-29-30-23/h6-9,13-14,17,20-22,28H,4-5,10-12,15H2,1-3H3. The molecule has 1 aromatic carbocycles. The van der Waals surface area contributed by atoms with Crippen LogP contribution in [0.25, 0.3) is 0 Å². The smallest absolute Gasteiger partial charge is 0.410 e. The molecule has 184 valence electrons. The summed E-state index contributed by atoms with van der Waals surface area (Å²) in [7, 11) is 0. The van der Waals surface area contributed by atoms with Crippen LogP contribution in [0.3, 0.4) is 0 Å². The van der Waals surface area contributed by atoms with E-state index < -0.39 is 17.7 Å². The molecule has 1 aliphatic carbocycles. The van der Waals surface area contributed by atoms with Crippen LogP contribution in [0.1, 0.15) is 57.9 Å². The van der Waals surface area contributed by atoms with Gasteiger partial charge in [0, 0.05) is 24.2 Å². The zero-order valence-electron chi connectivity index (χ0n) is 19.8. The molecule has 1 saturated heterocycles. The Bertz CT molecular complexity index is 979. The van der Waals surface area contributed by atoms with E-state index in [4.69, 9.17) is 21.1 Å². The molecule has 0 bridgehead atoms. The summed E-state index contributed by atoms with van der Waals surface area (Å²) in [4.78, 5) is 15.4. The third kappa shape index (κ3) is 5.96. The maximum Gasteiger partial charge on any atom is 0.410 e. The van der Waals surface area contributed by atoms with E-state index in [-0.39, 0.29) is 29.8 Å². The van der Waals surface area contributed by atoms with E-state index in [1.807, 2.05) is 25.7 Å². The highest BCUT2D eigenvalue weighted by molar-refractivity contribution is 6.30. The summed E-state index contributed by atoms with van der Waals surface area (Å²) in [6, 6.07) is 8.10. The lowest BCUT2D eigenvalue weighted by Gasteiger charge is -2.43. The van der Waals surface area contributed by atoms with Crippen molar-refractivity contribution in [3.63, 3.8) is 0 Å². The van der Waals surface area contributed by atoms with Gasteiger partial charge in [0.1, 0.15) is 18.0 Å². The minimum absolute atomic E-state index is 0.0509. The van der Waals surface area contributed by atoms with Crippen LogP contribution in [-0.4, -0.2) is 58.1 Å². The molecule has 4 unspecified atom stereocenters. The highest BCUT2D eigenvalue weighted by atomic mass is 35.5. The van der Waals surface area contributed by atoms with Gasteiger partial charge in [-0.05, 0) is 76.6 Å². The van der Waals surface area contributed by atoms with Crippen LogP contribution in [-0.2, 0) is 4.74 Å². The summed E-state index contributed by atoms with van der Waals surface area (Å²) >= 11 is 6.05. The second-order valence-electron chi connectivity index (χ2n) is 10.1. The minimum atomic E-state index is -0.496. The van der Waals surface area contributed by atoms with E-state index in [0.29, 0.717) is 17.9 Å². The Balaban J connectivity index is 1.55. The maximum atomic E-state index is 13.5. The monoisotopic (exact) mass is 490 g/mol. The first-order chi connectivity index (χ1) is 16.2. The average Bonchev–Trinajstić information content (AvgIpc) is 3.16. The number of hydrogen-bond acceptors (Lipinski definition) is 6. The quantitative estimate of drug-likeness (QED) is 0.639. The number of carbonyl (C=O) groups is 1. The van der Waals surface area contributed by atoms with Gasteiger partial charge in [0.05, 0.1) is 11.2 Å². The summed E-state index contributed by atoms with van der Waals surface area (Å²) in [5.74, 6) is 0.0473. The van der Waals surface area contributed by atoms with Crippen LogP contribution in [0.4, 0.5) is 9.18 Å². The Morgan fingerprint density at radius 1 is 1.21 bits per heavy atom. The molecule has 9 heteroatoms. The molecule has 1 aromatic heterocycles. The van der Waals surface area contributed by atoms with Crippen molar-refractivity contribution < 1.29 is 18.7 Å². The zero-order chi connectivity index (χ0) is 24.3. The lowest BCUT2D eigenvalue weighted by atomic mass is 9.97. The van der Waals surface area contributed by atoms with Gasteiger partial charge in [0.25, 0.3) is 0 Å². The largest absolute Gasteiger partial charge is 0.469 e. The van der Waals surface area contributed by atoms with Crippen molar-refractivity contribution in [2.75, 3.05) is 13.1 Å². The van der Waals surface area contributed by atoms with Crippen LogP contribution in [0.15, 0.2) is 36.5 Å². The molecular formula is C25H32ClFN4O3. The second-order valence-corrected chi connectivity index (χ2v) is 10.5. The van der Waals surface area contributed by atoms with Crippen LogP contribution in [0.2, 0.25) is 5.02 Å². The topological polar surface area (TPSA) is 76.6 Å². The number of ether oxygens (including phenoxy) is 2. The number of benzene rings is 1. The predicted molar refractivity (Wildman–Crippen MR) is 128 cm³/mol. The number of aromatic nitrogens is 2. The second kappa shape index (κ2) is 10.4. The van der Waals surface area contributed by atoms with Gasteiger partial charge in [-0.1, -0.05) is 23.7 Å². The van der Waals surface area contributed by atoms with E-state index in [1.54, 1.807) is 18.2 Å². The van der Waals surface area contributed by atoms with Gasteiger partial charge in [0.15, 0.2) is 0 Å². The number of carbonyl (C=O) groups excluding carboxylic acids is 1. The first-order valence-corrected chi connectivity index (χ1v) is 12.2. The number of hydrogen-bond donors (Lipinski definition) is 1. The van der Waals surface area contributed by atoms with Crippen LogP contribution in [0.5, 0.6) is 5.88 Å². The van der Waals surface area contributed by atoms with Gasteiger partial charge in [-0.25, -0.2) is 9.18 Å². The molecule has 2 aromatic rings. The summed E-state index contributed by atoms with van der Waals surface area (Å²) < 4.78 is 25.7. The number of nitrogens with one attached hydrogen (secondary N) is 1. The normalized spacial score (nSPS) is 25.1. The third-order valence-corrected chi connectivity index (χ3v) is 6.67. The molecule has 0 spiro atoms. The summed E-state index contributed by atoms with van der Waals surface area (Å²) in [6.45, 7) is 7.77. The highest BCUT2D eigenvalue weighted by Crippen LogP contribution is 2.39. The van der Waals surface area contributed by atoms with Crippen molar-refractivity contribution in [3.8, 4) is 5.88 Å². The maximum absolute atomic E-state index is 13.5. The van der Waals surface area contributed by atoms with E-state index in [2.05, 4.69) is 15.5 Å². The van der Waals surface area contributed by atoms with Crippen LogP contribution >= 0.6 is 11.6 Å². The summed E-state index contributed by atoms with van der Waals surface area (Å²) in [5.41, 5.74) is 0.583. The molecule has 1 aliphatic heterocycles. The zero-order valence-corrected chi connectivity index (χ0v) is 20.6. The Morgan fingerprint density at radius 2 is 1.94 bits per heavy atom. The fourth-order valence-corrected chi connectivity index (χ4v) is 5.10. The van der Waals surface area contributed by atoms with Crippen molar-refractivity contribution in [2.24, 2.45) is 0 Å². The van der Waals surface area contributed by atoms with Crippen LogP contribution < -0.4 is 10.1 Å². The molecule has 4 rings (SSSR count). The summed E-state index contributed by atoms with van der Waals surface area (Å²) in [6.07, 6.45) is 3.26. The van der Waals surface area contributed by atoms with Gasteiger partial charge >= 0.3 is 6.09 Å². The molecule has 4 atom stereocenters. The van der Waals surface area contributed by atoms with Crippen molar-refractivity contribution in [2.45, 2.75) is 76.2 Å². The molecule has 2 heterocycles. The predicted octanol–water partition coefficient (Wildman–Crippen LogP) is 4.95. The first kappa shape index (κ1) is 24.7. The molecule has 0 radical (unpaired) electrons. The Hall–Kier alpha value is -2.45. The molecule has 7 nitrogen and oxygen atoms in total. The van der Waals surface area contributed by atoms with Gasteiger partial charge in [0.2, 0.25) is 5.88 Å². The number of halogens is 2. The Labute approximate surface area is 205 Å². The summed E-state index contributed by atoms with van der Waals surface area (Å²) in [5, 5.41) is 11.7. The molecule has 2 aliphatic rings. The van der Waals surface area contributed by atoms with Gasteiger partial charge < -0.3 is 14.8 Å². The molecule has 2 fully saturated rings. The van der Waals surface area contributed by atoms with E-state index in [9.17, 15) is 9.18 Å². The highest BCUT2D eigenvalue weighted by Gasteiger charge is 2.43. The lowest BCUT2D eigenvalue weighted by molar-refractivity contribution is -0.0141. The molecule has 34 heavy (non-hydrogen) atoms. The van der Waals surface area contributed by atoms with E-state index in [1.165, 1.54) is 18.3 Å². The Morgan fingerprint density at radius 3 is 2.59 bits per heavy atom. The minimum Gasteiger partial charge on any atom is -0.469 e. The van der Waals surface area contributed by atoms with Crippen molar-refractivity contribution >= 4 is 17.7 Å². The molecule has 1 saturated carbocycles. The Kier molecular flexibility index (Phi) is 7.57. The molecule has 1 amide bonds. The third-order valence-electron chi connectivity index (χ3n) is 6.47.